The van der Waals surface area contributed by atoms with Crippen LogP contribution in [-0.4, -0.2) is 30.1 Å². The minimum absolute atomic E-state index is 0.0541. The number of fused-ring (bicyclic) bond motifs is 1. The Labute approximate surface area is 220 Å². The second kappa shape index (κ2) is 11.0. The van der Waals surface area contributed by atoms with Gasteiger partial charge in [0, 0.05) is 40.4 Å². The van der Waals surface area contributed by atoms with Gasteiger partial charge in [-0.3, -0.25) is 14.4 Å². The van der Waals surface area contributed by atoms with Gasteiger partial charge >= 0.3 is 0 Å². The number of anilines is 3. The lowest BCUT2D eigenvalue weighted by molar-refractivity contribution is -0.118. The van der Waals surface area contributed by atoms with Crippen LogP contribution in [0.3, 0.4) is 0 Å². The number of amides is 2. The minimum Gasteiger partial charge on any atom is -0.448 e. The van der Waals surface area contributed by atoms with Crippen LogP contribution in [0.1, 0.15) is 39.9 Å². The number of aromatic nitrogens is 1. The molecule has 0 saturated heterocycles. The third kappa shape index (κ3) is 5.10. The van der Waals surface area contributed by atoms with Gasteiger partial charge in [0.1, 0.15) is 19.0 Å². The fourth-order valence-corrected chi connectivity index (χ4v) is 4.71. The van der Waals surface area contributed by atoms with Gasteiger partial charge in [0.25, 0.3) is 0 Å². The zero-order valence-electron chi connectivity index (χ0n) is 20.8. The van der Waals surface area contributed by atoms with E-state index >= 15 is 0 Å². The summed E-state index contributed by atoms with van der Waals surface area (Å²) in [5, 5.41) is 6.28. The summed E-state index contributed by atoms with van der Waals surface area (Å²) in [6.45, 7) is 2.57. The zero-order valence-corrected chi connectivity index (χ0v) is 20.8. The number of allylic oxidation sites excluding steroid dienone is 1. The van der Waals surface area contributed by atoms with Gasteiger partial charge in [-0.15, -0.1) is 0 Å². The number of nitrogens with zero attached hydrogens (tertiary/aromatic N) is 2. The maximum atomic E-state index is 12.9. The van der Waals surface area contributed by atoms with Crippen molar-refractivity contribution in [3.05, 3.63) is 107 Å². The molecule has 0 saturated carbocycles. The second-order valence-corrected chi connectivity index (χ2v) is 8.92. The highest BCUT2D eigenvalue weighted by molar-refractivity contribution is 6.00. The van der Waals surface area contributed by atoms with E-state index in [1.165, 1.54) is 12.5 Å². The Morgan fingerprint density at radius 3 is 2.66 bits per heavy atom. The Hall–Kier alpha value is -4.98. The standard InChI is InChI=1S/C30H26N4O4/c1-20(25-9-7-21(18-35)15-26(25)32-19-36)30(22-5-3-2-4-6-22)33-24-8-10-27-23(16-24)11-13-34(27)29(37)17-28-31-12-14-38-28/h2-10,12,14-16,18-19,33H,11,13,17H2,1H3,(H,32,36)/b30-20+. The highest BCUT2D eigenvalue weighted by Crippen LogP contribution is 2.35. The molecule has 2 heterocycles. The third-order valence-corrected chi connectivity index (χ3v) is 6.57. The van der Waals surface area contributed by atoms with Crippen LogP contribution in [0.15, 0.2) is 83.6 Å². The SMILES string of the molecule is C/C(=C(\Nc1ccc2c(c1)CCN2C(=O)Cc1ncco1)c1ccccc1)c1ccc(C=O)cc1NC=O. The summed E-state index contributed by atoms with van der Waals surface area (Å²) in [6.07, 6.45) is 5.21. The van der Waals surface area contributed by atoms with E-state index in [-0.39, 0.29) is 12.3 Å². The quantitative estimate of drug-likeness (QED) is 0.239. The number of nitrogens with one attached hydrogen (secondary N) is 2. The number of carbonyl (C=O) groups is 3. The van der Waals surface area contributed by atoms with Gasteiger partial charge in [-0.1, -0.05) is 42.5 Å². The summed E-state index contributed by atoms with van der Waals surface area (Å²) < 4.78 is 5.24. The zero-order chi connectivity index (χ0) is 26.5. The van der Waals surface area contributed by atoms with Crippen LogP contribution in [0.25, 0.3) is 11.3 Å². The molecule has 0 atom stereocenters. The molecule has 0 fully saturated rings. The molecule has 8 heteroatoms. The van der Waals surface area contributed by atoms with Crippen LogP contribution in [0, 0.1) is 0 Å². The number of hydrogen-bond donors (Lipinski definition) is 2. The number of carbonyl (C=O) groups excluding carboxylic acids is 3. The molecule has 0 spiro atoms. The van der Waals surface area contributed by atoms with Gasteiger partial charge in [0.2, 0.25) is 18.2 Å². The van der Waals surface area contributed by atoms with E-state index in [4.69, 9.17) is 4.42 Å². The summed E-state index contributed by atoms with van der Waals surface area (Å²) in [5.41, 5.74) is 7.35. The molecule has 4 aromatic rings. The monoisotopic (exact) mass is 506 g/mol. The third-order valence-electron chi connectivity index (χ3n) is 6.57. The topological polar surface area (TPSA) is 105 Å². The predicted molar refractivity (Wildman–Crippen MR) is 147 cm³/mol. The minimum atomic E-state index is -0.0541. The number of benzene rings is 3. The summed E-state index contributed by atoms with van der Waals surface area (Å²) in [4.78, 5) is 41.3. The molecule has 3 aromatic carbocycles. The first-order valence-electron chi connectivity index (χ1n) is 12.2. The van der Waals surface area contributed by atoms with E-state index in [0.29, 0.717) is 30.1 Å². The number of aldehydes is 1. The van der Waals surface area contributed by atoms with Crippen molar-refractivity contribution in [1.29, 1.82) is 0 Å². The molecule has 2 amide bonds. The molecule has 1 aromatic heterocycles. The molecule has 1 aliphatic rings. The van der Waals surface area contributed by atoms with Gasteiger partial charge in [-0.05, 0) is 54.3 Å². The molecular formula is C30H26N4O4. The van der Waals surface area contributed by atoms with Crippen molar-refractivity contribution in [2.75, 3.05) is 22.1 Å². The fourth-order valence-electron chi connectivity index (χ4n) is 4.71. The maximum absolute atomic E-state index is 12.9. The van der Waals surface area contributed by atoms with Gasteiger partial charge in [-0.25, -0.2) is 4.98 Å². The van der Waals surface area contributed by atoms with Gasteiger partial charge in [-0.2, -0.15) is 0 Å². The second-order valence-electron chi connectivity index (χ2n) is 8.92. The van der Waals surface area contributed by atoms with Crippen molar-refractivity contribution < 1.29 is 18.8 Å². The van der Waals surface area contributed by atoms with Crippen molar-refractivity contribution in [2.24, 2.45) is 0 Å². The van der Waals surface area contributed by atoms with Crippen LogP contribution in [0.5, 0.6) is 0 Å². The van der Waals surface area contributed by atoms with Crippen molar-refractivity contribution in [2.45, 2.75) is 19.8 Å². The van der Waals surface area contributed by atoms with Crippen molar-refractivity contribution in [3.8, 4) is 0 Å². The lowest BCUT2D eigenvalue weighted by Gasteiger charge is -2.20. The molecule has 5 rings (SSSR count). The smallest absolute Gasteiger partial charge is 0.236 e. The van der Waals surface area contributed by atoms with E-state index in [1.807, 2.05) is 55.5 Å². The molecule has 0 unspecified atom stereocenters. The Kier molecular flexibility index (Phi) is 7.13. The first-order valence-corrected chi connectivity index (χ1v) is 12.2. The molecule has 2 N–H and O–H groups in total. The predicted octanol–water partition coefficient (Wildman–Crippen LogP) is 5.19. The average Bonchev–Trinajstić information content (AvgIpc) is 3.61. The first kappa shape index (κ1) is 24.7. The molecule has 0 radical (unpaired) electrons. The van der Waals surface area contributed by atoms with Gasteiger partial charge in [0.15, 0.2) is 0 Å². The number of hydrogen-bond acceptors (Lipinski definition) is 6. The number of rotatable bonds is 9. The summed E-state index contributed by atoms with van der Waals surface area (Å²) in [6, 6.07) is 21.1. The maximum Gasteiger partial charge on any atom is 0.236 e. The molecule has 38 heavy (non-hydrogen) atoms. The molecule has 190 valence electrons. The highest BCUT2D eigenvalue weighted by atomic mass is 16.3. The highest BCUT2D eigenvalue weighted by Gasteiger charge is 2.26. The molecule has 8 nitrogen and oxygen atoms in total. The molecule has 0 bridgehead atoms. The van der Waals surface area contributed by atoms with E-state index in [1.54, 1.807) is 17.0 Å². The van der Waals surface area contributed by atoms with E-state index in [0.717, 1.165) is 52.0 Å². The Balaban J connectivity index is 1.48. The lowest BCUT2D eigenvalue weighted by atomic mass is 9.97. The van der Waals surface area contributed by atoms with E-state index < -0.39 is 0 Å². The van der Waals surface area contributed by atoms with Crippen LogP contribution in [0.2, 0.25) is 0 Å². The largest absolute Gasteiger partial charge is 0.448 e. The average molecular weight is 507 g/mol. The number of oxazole rings is 1. The van der Waals surface area contributed by atoms with Crippen molar-refractivity contribution in [3.63, 3.8) is 0 Å². The van der Waals surface area contributed by atoms with Crippen LogP contribution < -0.4 is 15.5 Å². The summed E-state index contributed by atoms with van der Waals surface area (Å²) in [7, 11) is 0. The fraction of sp³-hybridized carbons (Fsp3) is 0.133. The molecular weight excluding hydrogens is 480 g/mol. The van der Waals surface area contributed by atoms with E-state index in [2.05, 4.69) is 21.7 Å². The Morgan fingerprint density at radius 2 is 1.92 bits per heavy atom. The van der Waals surface area contributed by atoms with Crippen molar-refractivity contribution >= 4 is 46.9 Å². The first-order chi connectivity index (χ1) is 18.6. The Morgan fingerprint density at radius 1 is 1.08 bits per heavy atom. The van der Waals surface area contributed by atoms with Gasteiger partial charge < -0.3 is 20.0 Å². The molecule has 0 aliphatic carbocycles. The normalized spacial score (nSPS) is 12.9. The van der Waals surface area contributed by atoms with Crippen LogP contribution in [-0.2, 0) is 22.4 Å². The Bertz CT molecular complexity index is 1510. The van der Waals surface area contributed by atoms with Crippen LogP contribution >= 0.6 is 0 Å². The molecule has 1 aliphatic heterocycles. The summed E-state index contributed by atoms with van der Waals surface area (Å²) in [5.74, 6) is 0.348. The van der Waals surface area contributed by atoms with Gasteiger partial charge in [0.05, 0.1) is 6.20 Å². The lowest BCUT2D eigenvalue weighted by Crippen LogP contribution is -2.30. The summed E-state index contributed by atoms with van der Waals surface area (Å²) >= 11 is 0. The van der Waals surface area contributed by atoms with Crippen molar-refractivity contribution in [1.82, 2.24) is 4.98 Å². The van der Waals surface area contributed by atoms with Crippen LogP contribution in [0.4, 0.5) is 17.1 Å². The van der Waals surface area contributed by atoms with E-state index in [9.17, 15) is 14.4 Å².